The van der Waals surface area contributed by atoms with Crippen LogP contribution >= 0.6 is 50.5 Å². The second-order valence-electron chi connectivity index (χ2n) is 4.41. The fourth-order valence-corrected chi connectivity index (χ4v) is 4.50. The Hall–Kier alpha value is -0.610. The van der Waals surface area contributed by atoms with E-state index in [0.29, 0.717) is 5.02 Å². The van der Waals surface area contributed by atoms with E-state index in [2.05, 4.69) is 27.0 Å². The van der Waals surface area contributed by atoms with Crippen molar-refractivity contribution in [2.24, 2.45) is 0 Å². The first-order valence-electron chi connectivity index (χ1n) is 6.07. The van der Waals surface area contributed by atoms with Gasteiger partial charge in [-0.1, -0.05) is 51.3 Å². The molecule has 5 heteroatoms. The van der Waals surface area contributed by atoms with E-state index in [0.717, 1.165) is 27.5 Å². The predicted molar refractivity (Wildman–Crippen MR) is 91.5 cm³/mol. The van der Waals surface area contributed by atoms with E-state index >= 15 is 0 Å². The van der Waals surface area contributed by atoms with Gasteiger partial charge in [0.05, 0.1) is 15.2 Å². The fourth-order valence-electron chi connectivity index (χ4n) is 2.03. The van der Waals surface area contributed by atoms with Crippen molar-refractivity contribution in [3.05, 3.63) is 63.1 Å². The molecular weight excluding hydrogens is 377 g/mol. The molecule has 1 unspecified atom stereocenters. The SMILES string of the molecule is Clc1ccc(Cl)c(C(Br)Cc2nc3ccccc3s2)c1. The fraction of sp³-hybridized carbons (Fsp3) is 0.133. The number of rotatable bonds is 3. The van der Waals surface area contributed by atoms with E-state index in [9.17, 15) is 0 Å². The Morgan fingerprint density at radius 1 is 1.15 bits per heavy atom. The third-order valence-electron chi connectivity index (χ3n) is 2.99. The molecule has 0 saturated carbocycles. The molecule has 2 aromatic carbocycles. The average Bonchev–Trinajstić information content (AvgIpc) is 2.83. The van der Waals surface area contributed by atoms with Gasteiger partial charge in [0.2, 0.25) is 0 Å². The number of fused-ring (bicyclic) bond motifs is 1. The lowest BCUT2D eigenvalue weighted by Gasteiger charge is -2.10. The number of alkyl halides is 1. The number of halogens is 3. The third-order valence-corrected chi connectivity index (χ3v) is 5.44. The Morgan fingerprint density at radius 2 is 1.95 bits per heavy atom. The first kappa shape index (κ1) is 14.3. The van der Waals surface area contributed by atoms with Crippen LogP contribution in [0.5, 0.6) is 0 Å². The Kier molecular flexibility index (Phi) is 4.32. The Balaban J connectivity index is 1.88. The minimum atomic E-state index is 0.106. The van der Waals surface area contributed by atoms with Crippen molar-refractivity contribution in [2.75, 3.05) is 0 Å². The zero-order chi connectivity index (χ0) is 14.1. The molecule has 20 heavy (non-hydrogen) atoms. The van der Waals surface area contributed by atoms with E-state index < -0.39 is 0 Å². The van der Waals surface area contributed by atoms with Crippen LogP contribution in [0, 0.1) is 0 Å². The summed E-state index contributed by atoms with van der Waals surface area (Å²) < 4.78 is 1.21. The van der Waals surface area contributed by atoms with Gasteiger partial charge in [-0.15, -0.1) is 11.3 Å². The van der Waals surface area contributed by atoms with Gasteiger partial charge in [-0.3, -0.25) is 0 Å². The highest BCUT2D eigenvalue weighted by Gasteiger charge is 2.15. The summed E-state index contributed by atoms with van der Waals surface area (Å²) in [6, 6.07) is 13.7. The molecule has 1 heterocycles. The summed E-state index contributed by atoms with van der Waals surface area (Å²) in [7, 11) is 0. The van der Waals surface area contributed by atoms with Crippen molar-refractivity contribution in [2.45, 2.75) is 11.2 Å². The summed E-state index contributed by atoms with van der Waals surface area (Å²) in [6.07, 6.45) is 0.791. The normalized spacial score (nSPS) is 12.8. The van der Waals surface area contributed by atoms with Crippen LogP contribution in [0.1, 0.15) is 15.4 Å². The number of hydrogen-bond acceptors (Lipinski definition) is 2. The molecule has 0 aliphatic carbocycles. The molecule has 1 atom stereocenters. The third kappa shape index (κ3) is 3.01. The Morgan fingerprint density at radius 3 is 2.75 bits per heavy atom. The average molecular weight is 387 g/mol. The molecule has 102 valence electrons. The molecule has 0 amide bonds. The van der Waals surface area contributed by atoms with Crippen LogP contribution in [0.2, 0.25) is 10.0 Å². The lowest BCUT2D eigenvalue weighted by Crippen LogP contribution is -1.96. The summed E-state index contributed by atoms with van der Waals surface area (Å²) in [5.74, 6) is 0. The van der Waals surface area contributed by atoms with Crippen LogP contribution in [0.15, 0.2) is 42.5 Å². The van der Waals surface area contributed by atoms with Gasteiger partial charge in [-0.2, -0.15) is 0 Å². The topological polar surface area (TPSA) is 12.9 Å². The van der Waals surface area contributed by atoms with Crippen molar-refractivity contribution in [3.8, 4) is 0 Å². The molecule has 0 spiro atoms. The molecule has 0 radical (unpaired) electrons. The molecule has 0 aliphatic rings. The van der Waals surface area contributed by atoms with Gasteiger partial charge in [-0.05, 0) is 35.9 Å². The van der Waals surface area contributed by atoms with Crippen molar-refractivity contribution >= 4 is 60.7 Å². The van der Waals surface area contributed by atoms with E-state index in [1.165, 1.54) is 4.70 Å². The second kappa shape index (κ2) is 6.02. The first-order valence-corrected chi connectivity index (χ1v) is 8.56. The van der Waals surface area contributed by atoms with Crippen molar-refractivity contribution in [1.29, 1.82) is 0 Å². The minimum absolute atomic E-state index is 0.106. The molecule has 0 fully saturated rings. The van der Waals surface area contributed by atoms with Gasteiger partial charge < -0.3 is 0 Å². The van der Waals surface area contributed by atoms with Gasteiger partial charge >= 0.3 is 0 Å². The molecule has 1 nitrogen and oxygen atoms in total. The lowest BCUT2D eigenvalue weighted by molar-refractivity contribution is 0.939. The zero-order valence-electron chi connectivity index (χ0n) is 10.3. The van der Waals surface area contributed by atoms with Crippen LogP contribution in [0.4, 0.5) is 0 Å². The number of hydrogen-bond donors (Lipinski definition) is 0. The van der Waals surface area contributed by atoms with Gasteiger partial charge in [0.25, 0.3) is 0 Å². The minimum Gasteiger partial charge on any atom is -0.241 e. The summed E-state index contributed by atoms with van der Waals surface area (Å²) in [5.41, 5.74) is 2.04. The highest BCUT2D eigenvalue weighted by Crippen LogP contribution is 2.35. The highest BCUT2D eigenvalue weighted by molar-refractivity contribution is 9.09. The van der Waals surface area contributed by atoms with E-state index in [1.54, 1.807) is 17.4 Å². The maximum atomic E-state index is 6.23. The van der Waals surface area contributed by atoms with Gasteiger partial charge in [0, 0.05) is 21.3 Å². The summed E-state index contributed by atoms with van der Waals surface area (Å²) in [5, 5.41) is 2.50. The first-order chi connectivity index (χ1) is 9.63. The predicted octanol–water partition coefficient (Wildman–Crippen LogP) is 6.28. The van der Waals surface area contributed by atoms with Crippen molar-refractivity contribution in [1.82, 2.24) is 4.98 Å². The monoisotopic (exact) mass is 385 g/mol. The van der Waals surface area contributed by atoms with Gasteiger partial charge in [0.1, 0.15) is 0 Å². The molecular formula is C15H10BrCl2NS. The zero-order valence-corrected chi connectivity index (χ0v) is 14.2. The Labute approximate surface area is 139 Å². The summed E-state index contributed by atoms with van der Waals surface area (Å²) >= 11 is 17.7. The molecule has 0 bridgehead atoms. The second-order valence-corrected chi connectivity index (χ2v) is 7.48. The lowest BCUT2D eigenvalue weighted by atomic mass is 10.1. The number of nitrogens with zero attached hydrogens (tertiary/aromatic N) is 1. The summed E-state index contributed by atoms with van der Waals surface area (Å²) in [4.78, 5) is 4.75. The van der Waals surface area contributed by atoms with E-state index in [4.69, 9.17) is 23.2 Å². The van der Waals surface area contributed by atoms with Gasteiger partial charge in [0.15, 0.2) is 0 Å². The van der Waals surface area contributed by atoms with E-state index in [-0.39, 0.29) is 4.83 Å². The van der Waals surface area contributed by atoms with Crippen LogP contribution in [-0.2, 0) is 6.42 Å². The number of thiazole rings is 1. The number of aromatic nitrogens is 1. The van der Waals surface area contributed by atoms with Crippen LogP contribution in [0.3, 0.4) is 0 Å². The Bertz CT molecular complexity index is 723. The molecule has 3 rings (SSSR count). The molecule has 3 aromatic rings. The standard InChI is InChI=1S/C15H10BrCl2NS/c16-11(10-7-9(17)5-6-12(10)18)8-15-19-13-3-1-2-4-14(13)20-15/h1-7,11H,8H2. The largest absolute Gasteiger partial charge is 0.241 e. The van der Waals surface area contributed by atoms with Crippen LogP contribution in [-0.4, -0.2) is 4.98 Å². The van der Waals surface area contributed by atoms with Crippen LogP contribution in [0.25, 0.3) is 10.2 Å². The quantitative estimate of drug-likeness (QED) is 0.482. The number of para-hydroxylation sites is 1. The molecule has 1 aromatic heterocycles. The van der Waals surface area contributed by atoms with Gasteiger partial charge in [-0.25, -0.2) is 4.98 Å². The summed E-state index contributed by atoms with van der Waals surface area (Å²) in [6.45, 7) is 0. The smallest absolute Gasteiger partial charge is 0.0953 e. The van der Waals surface area contributed by atoms with Crippen LogP contribution < -0.4 is 0 Å². The van der Waals surface area contributed by atoms with Crippen molar-refractivity contribution in [3.63, 3.8) is 0 Å². The highest BCUT2D eigenvalue weighted by atomic mass is 79.9. The van der Waals surface area contributed by atoms with Crippen molar-refractivity contribution < 1.29 is 0 Å². The number of benzene rings is 2. The molecule has 0 saturated heterocycles. The molecule has 0 N–H and O–H groups in total. The maximum absolute atomic E-state index is 6.23. The van der Waals surface area contributed by atoms with E-state index in [1.807, 2.05) is 30.3 Å². The molecule has 0 aliphatic heterocycles. The maximum Gasteiger partial charge on any atom is 0.0953 e.